The summed E-state index contributed by atoms with van der Waals surface area (Å²) >= 11 is 0. The van der Waals surface area contributed by atoms with Crippen LogP contribution >= 0.6 is 0 Å². The number of carbonyl (C=O) groups is 2. The van der Waals surface area contributed by atoms with Crippen molar-refractivity contribution in [1.29, 1.82) is 0 Å². The molecule has 130 valence electrons. The monoisotopic (exact) mass is 348 g/mol. The minimum Gasteiger partial charge on any atom is -0.326 e. The van der Waals surface area contributed by atoms with Crippen molar-refractivity contribution < 1.29 is 9.59 Å². The second-order valence-corrected chi connectivity index (χ2v) is 6.10. The van der Waals surface area contributed by atoms with Gasteiger partial charge < -0.3 is 10.6 Å². The first kappa shape index (κ1) is 15.9. The van der Waals surface area contributed by atoms with E-state index >= 15 is 0 Å². The molecule has 0 saturated carbocycles. The molecule has 0 bridgehead atoms. The van der Waals surface area contributed by atoms with Gasteiger partial charge in [0.05, 0.1) is 24.7 Å². The molecule has 2 N–H and O–H groups in total. The van der Waals surface area contributed by atoms with Gasteiger partial charge in [-0.3, -0.25) is 9.59 Å². The molecule has 3 heterocycles. The number of carbonyl (C=O) groups excluding carboxylic acids is 2. The van der Waals surface area contributed by atoms with Gasteiger partial charge in [-0.2, -0.15) is 14.9 Å². The third-order valence-electron chi connectivity index (χ3n) is 4.08. The second kappa shape index (κ2) is 6.40. The predicted molar refractivity (Wildman–Crippen MR) is 95.0 cm³/mol. The normalized spacial score (nSPS) is 12.6. The van der Waals surface area contributed by atoms with Gasteiger partial charge in [0, 0.05) is 11.8 Å². The van der Waals surface area contributed by atoms with Gasteiger partial charge in [-0.1, -0.05) is 12.1 Å². The Morgan fingerprint density at radius 3 is 2.92 bits per heavy atom. The van der Waals surface area contributed by atoms with Gasteiger partial charge in [0.1, 0.15) is 5.82 Å². The van der Waals surface area contributed by atoms with Gasteiger partial charge in [0.15, 0.2) is 5.82 Å². The Morgan fingerprint density at radius 2 is 2.12 bits per heavy atom. The van der Waals surface area contributed by atoms with E-state index < -0.39 is 0 Å². The van der Waals surface area contributed by atoms with Crippen molar-refractivity contribution in [2.45, 2.75) is 19.8 Å². The number of fused-ring (bicyclic) bond motifs is 1. The van der Waals surface area contributed by atoms with Crippen LogP contribution in [0, 0.1) is 6.92 Å². The Hall–Kier alpha value is -3.55. The number of amides is 2. The highest BCUT2D eigenvalue weighted by Gasteiger charge is 2.18. The summed E-state index contributed by atoms with van der Waals surface area (Å²) in [6.07, 6.45) is 2.16. The maximum Gasteiger partial charge on any atom is 0.229 e. The van der Waals surface area contributed by atoms with Crippen LogP contribution in [-0.4, -0.2) is 31.8 Å². The van der Waals surface area contributed by atoms with Gasteiger partial charge in [-0.05, 0) is 36.2 Å². The molecule has 0 atom stereocenters. The summed E-state index contributed by atoms with van der Waals surface area (Å²) in [7, 11) is 0. The zero-order chi connectivity index (χ0) is 18.1. The first-order chi connectivity index (χ1) is 12.6. The van der Waals surface area contributed by atoms with Gasteiger partial charge in [-0.25, -0.2) is 0 Å². The summed E-state index contributed by atoms with van der Waals surface area (Å²) in [5.41, 5.74) is 3.36. The van der Waals surface area contributed by atoms with E-state index in [0.717, 1.165) is 22.5 Å². The van der Waals surface area contributed by atoms with Crippen molar-refractivity contribution in [3.63, 3.8) is 0 Å². The molecule has 3 aromatic rings. The molecule has 2 aromatic heterocycles. The Morgan fingerprint density at radius 1 is 1.23 bits per heavy atom. The number of rotatable bonds is 4. The summed E-state index contributed by atoms with van der Waals surface area (Å²) < 4.78 is 1.52. The maximum absolute atomic E-state index is 12.4. The van der Waals surface area contributed by atoms with E-state index in [2.05, 4.69) is 25.9 Å². The molecule has 0 spiro atoms. The summed E-state index contributed by atoms with van der Waals surface area (Å²) in [5, 5.41) is 17.9. The highest BCUT2D eigenvalue weighted by atomic mass is 16.2. The molecular weight excluding hydrogens is 332 g/mol. The van der Waals surface area contributed by atoms with Gasteiger partial charge in [0.2, 0.25) is 11.8 Å². The van der Waals surface area contributed by atoms with Crippen LogP contribution in [0.3, 0.4) is 0 Å². The molecule has 1 aromatic carbocycles. The number of hydrogen-bond acceptors (Lipinski definition) is 5. The highest BCUT2D eigenvalue weighted by molar-refractivity contribution is 5.99. The first-order valence-electron chi connectivity index (χ1n) is 8.15. The molecule has 8 nitrogen and oxygen atoms in total. The molecule has 1 aliphatic rings. The molecule has 8 heteroatoms. The van der Waals surface area contributed by atoms with Gasteiger partial charge in [-0.15, -0.1) is 5.10 Å². The third-order valence-corrected chi connectivity index (χ3v) is 4.08. The van der Waals surface area contributed by atoms with Crippen molar-refractivity contribution >= 4 is 23.3 Å². The quantitative estimate of drug-likeness (QED) is 0.746. The number of nitrogens with zero attached hydrogens (tertiary/aromatic N) is 4. The van der Waals surface area contributed by atoms with Crippen molar-refractivity contribution in [3.8, 4) is 5.82 Å². The maximum atomic E-state index is 12.4. The number of aryl methyl sites for hydroxylation is 1. The zero-order valence-corrected chi connectivity index (χ0v) is 14.1. The molecule has 4 rings (SSSR count). The van der Waals surface area contributed by atoms with Crippen LogP contribution in [0.4, 0.5) is 11.5 Å². The minimum absolute atomic E-state index is 0.0234. The highest BCUT2D eigenvalue weighted by Crippen LogP contribution is 2.24. The molecular formula is C18H16N6O2. The molecule has 0 fully saturated rings. The van der Waals surface area contributed by atoms with Crippen molar-refractivity contribution in [2.75, 3.05) is 10.6 Å². The van der Waals surface area contributed by atoms with Crippen LogP contribution in [-0.2, 0) is 22.4 Å². The topological polar surface area (TPSA) is 102 Å². The number of hydrogen-bond donors (Lipinski definition) is 2. The van der Waals surface area contributed by atoms with Crippen LogP contribution in [0.1, 0.15) is 16.8 Å². The number of anilines is 2. The molecule has 0 saturated heterocycles. The predicted octanol–water partition coefficient (Wildman–Crippen LogP) is 1.65. The molecule has 0 unspecified atom stereocenters. The number of benzene rings is 1. The van der Waals surface area contributed by atoms with Crippen molar-refractivity contribution in [3.05, 3.63) is 59.4 Å². The van der Waals surface area contributed by atoms with E-state index in [0.29, 0.717) is 18.1 Å². The van der Waals surface area contributed by atoms with Crippen LogP contribution in [0.25, 0.3) is 5.82 Å². The van der Waals surface area contributed by atoms with Crippen LogP contribution < -0.4 is 10.6 Å². The molecule has 0 radical (unpaired) electrons. The zero-order valence-electron chi connectivity index (χ0n) is 14.1. The van der Waals surface area contributed by atoms with E-state index in [1.54, 1.807) is 18.3 Å². The Labute approximate surface area is 149 Å². The standard InChI is InChI=1S/C18H16N6O2/c1-11-2-5-16(23-22-11)24-15(6-7-19-24)21-17(25)9-12-3-4-13-10-18(26)20-14(13)8-12/h2-8H,9-10H2,1H3,(H,20,26)(H,21,25). The SMILES string of the molecule is Cc1ccc(-n2nccc2NC(=O)Cc2ccc3c(c2)NC(=O)C3)nn1. The van der Waals surface area contributed by atoms with E-state index in [-0.39, 0.29) is 18.2 Å². The van der Waals surface area contributed by atoms with E-state index in [1.807, 2.05) is 31.2 Å². The molecule has 0 aliphatic carbocycles. The van der Waals surface area contributed by atoms with E-state index in [1.165, 1.54) is 4.68 Å². The van der Waals surface area contributed by atoms with Crippen molar-refractivity contribution in [1.82, 2.24) is 20.0 Å². The lowest BCUT2D eigenvalue weighted by molar-refractivity contribution is -0.116. The lowest BCUT2D eigenvalue weighted by Crippen LogP contribution is -2.17. The third kappa shape index (κ3) is 3.16. The summed E-state index contributed by atoms with van der Waals surface area (Å²) in [4.78, 5) is 23.8. The van der Waals surface area contributed by atoms with Crippen molar-refractivity contribution in [2.24, 2.45) is 0 Å². The Kier molecular flexibility index (Phi) is 3.92. The van der Waals surface area contributed by atoms with Crippen LogP contribution in [0.15, 0.2) is 42.6 Å². The fourth-order valence-corrected chi connectivity index (χ4v) is 2.83. The lowest BCUT2D eigenvalue weighted by Gasteiger charge is -2.09. The number of nitrogens with one attached hydrogen (secondary N) is 2. The smallest absolute Gasteiger partial charge is 0.229 e. The Balaban J connectivity index is 1.48. The molecule has 26 heavy (non-hydrogen) atoms. The van der Waals surface area contributed by atoms with Gasteiger partial charge in [0.25, 0.3) is 0 Å². The van der Waals surface area contributed by atoms with E-state index in [4.69, 9.17) is 0 Å². The van der Waals surface area contributed by atoms with Crippen LogP contribution in [0.2, 0.25) is 0 Å². The molecule has 2 amide bonds. The average Bonchev–Trinajstić information content (AvgIpc) is 3.20. The summed E-state index contributed by atoms with van der Waals surface area (Å²) in [6.45, 7) is 1.85. The fraction of sp³-hybridized carbons (Fsp3) is 0.167. The van der Waals surface area contributed by atoms with Gasteiger partial charge >= 0.3 is 0 Å². The summed E-state index contributed by atoms with van der Waals surface area (Å²) in [5.74, 6) is 0.833. The first-order valence-corrected chi connectivity index (χ1v) is 8.15. The fourth-order valence-electron chi connectivity index (χ4n) is 2.83. The van der Waals surface area contributed by atoms with Crippen LogP contribution in [0.5, 0.6) is 0 Å². The second-order valence-electron chi connectivity index (χ2n) is 6.10. The minimum atomic E-state index is -0.184. The summed E-state index contributed by atoms with van der Waals surface area (Å²) in [6, 6.07) is 10.9. The molecule has 1 aliphatic heterocycles. The van der Waals surface area contributed by atoms with E-state index in [9.17, 15) is 9.59 Å². The lowest BCUT2D eigenvalue weighted by atomic mass is 10.1. The largest absolute Gasteiger partial charge is 0.326 e. The Bertz CT molecular complexity index is 993. The number of aromatic nitrogens is 4. The average molecular weight is 348 g/mol.